The van der Waals surface area contributed by atoms with Crippen LogP contribution in [0.25, 0.3) is 0 Å². The lowest BCUT2D eigenvalue weighted by Gasteiger charge is -2.36. The third-order valence-electron chi connectivity index (χ3n) is 5.69. The van der Waals surface area contributed by atoms with Gasteiger partial charge in [-0.2, -0.15) is 0 Å². The molecule has 1 saturated carbocycles. The number of rotatable bonds is 4. The maximum absolute atomic E-state index is 12.7. The zero-order chi connectivity index (χ0) is 18.0. The molecule has 1 N–H and O–H groups in total. The Morgan fingerprint density at radius 2 is 2.04 bits per heavy atom. The number of hydrogen-bond acceptors (Lipinski definition) is 3. The van der Waals surface area contributed by atoms with Crippen LogP contribution in [0.1, 0.15) is 46.5 Å². The van der Waals surface area contributed by atoms with Gasteiger partial charge in [0, 0.05) is 6.04 Å². The molecule has 5 nitrogen and oxygen atoms in total. The number of carbonyl (C=O) groups excluding carboxylic acids is 2. The number of benzene rings is 1. The van der Waals surface area contributed by atoms with Crippen LogP contribution < -0.4 is 15.0 Å². The fraction of sp³-hybridized carbons (Fsp3) is 0.600. The number of para-hydroxylation sites is 2. The van der Waals surface area contributed by atoms with Crippen LogP contribution in [-0.2, 0) is 9.59 Å². The molecular weight excluding hydrogens is 316 g/mol. The van der Waals surface area contributed by atoms with Gasteiger partial charge in [-0.25, -0.2) is 0 Å². The van der Waals surface area contributed by atoms with Crippen LogP contribution in [0.15, 0.2) is 24.3 Å². The minimum atomic E-state index is -0.517. The van der Waals surface area contributed by atoms with Crippen LogP contribution in [-0.4, -0.2) is 30.5 Å². The molecule has 1 aromatic carbocycles. The van der Waals surface area contributed by atoms with Gasteiger partial charge in [-0.3, -0.25) is 14.5 Å². The maximum atomic E-state index is 12.7. The van der Waals surface area contributed by atoms with Gasteiger partial charge in [0.1, 0.15) is 12.3 Å². The molecule has 0 radical (unpaired) electrons. The SMILES string of the molecule is CC[C@@H]1Oc2ccccc2N(CC(=O)N[C@@H]2CCC[C@@H](C)[C@@H]2C)C1=O. The van der Waals surface area contributed by atoms with E-state index in [1.165, 1.54) is 6.42 Å². The summed E-state index contributed by atoms with van der Waals surface area (Å²) >= 11 is 0. The summed E-state index contributed by atoms with van der Waals surface area (Å²) in [6, 6.07) is 7.62. The molecule has 3 rings (SSSR count). The van der Waals surface area contributed by atoms with Crippen molar-refractivity contribution in [3.05, 3.63) is 24.3 Å². The summed E-state index contributed by atoms with van der Waals surface area (Å²) in [6.45, 7) is 6.42. The molecule has 25 heavy (non-hydrogen) atoms. The van der Waals surface area contributed by atoms with Crippen molar-refractivity contribution in [2.75, 3.05) is 11.4 Å². The summed E-state index contributed by atoms with van der Waals surface area (Å²) in [5.74, 6) is 1.52. The van der Waals surface area contributed by atoms with Crippen molar-refractivity contribution in [2.24, 2.45) is 11.8 Å². The van der Waals surface area contributed by atoms with E-state index in [9.17, 15) is 9.59 Å². The minimum absolute atomic E-state index is 0.0489. The first kappa shape index (κ1) is 17.8. The van der Waals surface area contributed by atoms with E-state index < -0.39 is 6.10 Å². The Morgan fingerprint density at radius 3 is 2.80 bits per heavy atom. The molecule has 0 saturated heterocycles. The third kappa shape index (κ3) is 3.65. The third-order valence-corrected chi connectivity index (χ3v) is 5.69. The Labute approximate surface area is 149 Å². The van der Waals surface area contributed by atoms with Crippen molar-refractivity contribution < 1.29 is 14.3 Å². The monoisotopic (exact) mass is 344 g/mol. The number of nitrogens with one attached hydrogen (secondary N) is 1. The number of ether oxygens (including phenoxy) is 1. The Kier molecular flexibility index (Phi) is 5.30. The zero-order valence-electron chi connectivity index (χ0n) is 15.3. The molecule has 4 atom stereocenters. The number of fused-ring (bicyclic) bond motifs is 1. The first-order valence-electron chi connectivity index (χ1n) is 9.37. The lowest BCUT2D eigenvalue weighted by Crippen LogP contribution is -2.52. The normalized spacial score (nSPS) is 28.9. The van der Waals surface area contributed by atoms with E-state index in [0.29, 0.717) is 29.7 Å². The summed E-state index contributed by atoms with van der Waals surface area (Å²) in [5.41, 5.74) is 0.678. The second kappa shape index (κ2) is 7.46. The lowest BCUT2D eigenvalue weighted by atomic mass is 9.78. The summed E-state index contributed by atoms with van der Waals surface area (Å²) in [7, 11) is 0. The topological polar surface area (TPSA) is 58.6 Å². The highest BCUT2D eigenvalue weighted by Gasteiger charge is 2.35. The van der Waals surface area contributed by atoms with E-state index in [2.05, 4.69) is 19.2 Å². The highest BCUT2D eigenvalue weighted by atomic mass is 16.5. The number of amides is 2. The van der Waals surface area contributed by atoms with Crippen LogP contribution in [0.3, 0.4) is 0 Å². The molecule has 2 amide bonds. The Bertz CT molecular complexity index is 646. The largest absolute Gasteiger partial charge is 0.478 e. The van der Waals surface area contributed by atoms with E-state index >= 15 is 0 Å². The Morgan fingerprint density at radius 1 is 1.28 bits per heavy atom. The number of carbonyl (C=O) groups is 2. The van der Waals surface area contributed by atoms with Crippen molar-refractivity contribution in [3.8, 4) is 5.75 Å². The van der Waals surface area contributed by atoms with Gasteiger partial charge in [0.15, 0.2) is 6.10 Å². The van der Waals surface area contributed by atoms with Crippen molar-refractivity contribution in [1.82, 2.24) is 5.32 Å². The number of anilines is 1. The molecule has 0 bridgehead atoms. The molecule has 0 aromatic heterocycles. The first-order chi connectivity index (χ1) is 12.0. The van der Waals surface area contributed by atoms with Crippen molar-refractivity contribution in [1.29, 1.82) is 0 Å². The van der Waals surface area contributed by atoms with Crippen LogP contribution >= 0.6 is 0 Å². The second-order valence-electron chi connectivity index (χ2n) is 7.35. The summed E-state index contributed by atoms with van der Waals surface area (Å²) < 4.78 is 5.76. The molecule has 5 heteroatoms. The van der Waals surface area contributed by atoms with E-state index in [1.54, 1.807) is 4.90 Å². The highest BCUT2D eigenvalue weighted by molar-refractivity contribution is 6.03. The molecule has 136 valence electrons. The summed E-state index contributed by atoms with van der Waals surface area (Å²) in [4.78, 5) is 26.9. The molecule has 1 aromatic rings. The molecule has 1 aliphatic heterocycles. The molecule has 1 aliphatic carbocycles. The standard InChI is InChI=1S/C20H28N2O3/c1-4-17-20(24)22(16-10-5-6-11-18(16)25-17)12-19(23)21-15-9-7-8-13(2)14(15)3/h5-6,10-11,13-15,17H,4,7-9,12H2,1-3H3,(H,21,23)/t13-,14+,15-,17+/m1/s1. The quantitative estimate of drug-likeness (QED) is 0.913. The number of nitrogens with zero attached hydrogens (tertiary/aromatic N) is 1. The van der Waals surface area contributed by atoms with Crippen LogP contribution in [0.5, 0.6) is 5.75 Å². The van der Waals surface area contributed by atoms with Gasteiger partial charge in [0.25, 0.3) is 5.91 Å². The fourth-order valence-corrected chi connectivity index (χ4v) is 3.88. The van der Waals surface area contributed by atoms with Gasteiger partial charge in [-0.1, -0.05) is 45.7 Å². The fourth-order valence-electron chi connectivity index (χ4n) is 3.88. The molecule has 1 heterocycles. The Balaban J connectivity index is 1.72. The van der Waals surface area contributed by atoms with Crippen molar-refractivity contribution >= 4 is 17.5 Å². The van der Waals surface area contributed by atoms with Gasteiger partial charge in [-0.15, -0.1) is 0 Å². The van der Waals surface area contributed by atoms with E-state index in [4.69, 9.17) is 4.74 Å². The van der Waals surface area contributed by atoms with Gasteiger partial charge in [0.05, 0.1) is 5.69 Å². The van der Waals surface area contributed by atoms with Crippen LogP contribution in [0, 0.1) is 11.8 Å². The van der Waals surface area contributed by atoms with Gasteiger partial charge in [-0.05, 0) is 36.8 Å². The zero-order valence-corrected chi connectivity index (χ0v) is 15.3. The van der Waals surface area contributed by atoms with Crippen LogP contribution in [0.2, 0.25) is 0 Å². The van der Waals surface area contributed by atoms with E-state index in [1.807, 2.05) is 31.2 Å². The highest BCUT2D eigenvalue weighted by Crippen LogP contribution is 2.34. The Hall–Kier alpha value is -2.04. The second-order valence-corrected chi connectivity index (χ2v) is 7.35. The molecule has 1 fully saturated rings. The predicted octanol–water partition coefficient (Wildman–Crippen LogP) is 3.13. The molecule has 0 unspecified atom stereocenters. The first-order valence-corrected chi connectivity index (χ1v) is 9.37. The molecule has 0 spiro atoms. The number of hydrogen-bond donors (Lipinski definition) is 1. The minimum Gasteiger partial charge on any atom is -0.478 e. The van der Waals surface area contributed by atoms with Gasteiger partial charge >= 0.3 is 0 Å². The summed E-state index contributed by atoms with van der Waals surface area (Å²) in [5, 5.41) is 3.16. The lowest BCUT2D eigenvalue weighted by molar-refractivity contribution is -0.129. The van der Waals surface area contributed by atoms with E-state index in [-0.39, 0.29) is 24.4 Å². The van der Waals surface area contributed by atoms with E-state index in [0.717, 1.165) is 12.8 Å². The average molecular weight is 344 g/mol. The van der Waals surface area contributed by atoms with Gasteiger partial charge in [0.2, 0.25) is 5.91 Å². The van der Waals surface area contributed by atoms with Crippen molar-refractivity contribution in [3.63, 3.8) is 0 Å². The summed E-state index contributed by atoms with van der Waals surface area (Å²) in [6.07, 6.45) is 3.45. The van der Waals surface area contributed by atoms with Gasteiger partial charge < -0.3 is 10.1 Å². The smallest absolute Gasteiger partial charge is 0.268 e. The molecule has 2 aliphatic rings. The van der Waals surface area contributed by atoms with Crippen LogP contribution in [0.4, 0.5) is 5.69 Å². The maximum Gasteiger partial charge on any atom is 0.268 e. The van der Waals surface area contributed by atoms with Crippen molar-refractivity contribution in [2.45, 2.75) is 58.6 Å². The average Bonchev–Trinajstić information content (AvgIpc) is 2.61. The predicted molar refractivity (Wildman–Crippen MR) is 97.6 cm³/mol. The molecular formula is C20H28N2O3.